The van der Waals surface area contributed by atoms with Crippen molar-refractivity contribution in [3.8, 4) is 0 Å². The van der Waals surface area contributed by atoms with E-state index in [2.05, 4.69) is 45.0 Å². The molecule has 0 aliphatic rings. The first-order valence-corrected chi connectivity index (χ1v) is 10.8. The number of rotatable bonds is 6. The van der Waals surface area contributed by atoms with E-state index >= 15 is 0 Å². The predicted molar refractivity (Wildman–Crippen MR) is 135 cm³/mol. The van der Waals surface area contributed by atoms with Crippen LogP contribution in [0.2, 0.25) is 0 Å². The van der Waals surface area contributed by atoms with Crippen molar-refractivity contribution in [2.75, 3.05) is 16.0 Å². The van der Waals surface area contributed by atoms with Gasteiger partial charge in [0, 0.05) is 34.4 Å². The average molecular weight is 438 g/mol. The number of benzene rings is 3. The number of amides is 1. The number of aromatic nitrogens is 2. The number of carbonyl (C=O) groups excluding carboxylic acids is 1. The van der Waals surface area contributed by atoms with E-state index in [1.807, 2.05) is 81.4 Å². The van der Waals surface area contributed by atoms with Crippen molar-refractivity contribution in [2.45, 2.75) is 27.7 Å². The maximum absolute atomic E-state index is 12.5. The molecule has 4 rings (SSSR count). The van der Waals surface area contributed by atoms with Crippen LogP contribution in [0.25, 0.3) is 0 Å². The molecule has 0 fully saturated rings. The maximum atomic E-state index is 12.5. The van der Waals surface area contributed by atoms with E-state index in [1.54, 1.807) is 0 Å². The number of carbonyl (C=O) groups is 1. The molecule has 3 aromatic carbocycles. The number of nitrogens with one attached hydrogen (secondary N) is 3. The predicted octanol–water partition coefficient (Wildman–Crippen LogP) is 6.45. The van der Waals surface area contributed by atoms with Crippen molar-refractivity contribution in [1.29, 1.82) is 0 Å². The number of hydrogen-bond donors (Lipinski definition) is 3. The Morgan fingerprint density at radius 3 is 2.00 bits per heavy atom. The summed E-state index contributed by atoms with van der Waals surface area (Å²) in [6.07, 6.45) is 0. The Bertz CT molecular complexity index is 1280. The molecule has 33 heavy (non-hydrogen) atoms. The van der Waals surface area contributed by atoms with Crippen LogP contribution in [-0.4, -0.2) is 15.9 Å². The van der Waals surface area contributed by atoms with Crippen LogP contribution in [0.5, 0.6) is 0 Å². The van der Waals surface area contributed by atoms with Gasteiger partial charge < -0.3 is 16.0 Å². The number of aryl methyl sites for hydroxylation is 4. The number of anilines is 5. The van der Waals surface area contributed by atoms with Gasteiger partial charge in [0.25, 0.3) is 5.91 Å². The summed E-state index contributed by atoms with van der Waals surface area (Å²) in [5.74, 6) is 1.08. The monoisotopic (exact) mass is 437 g/mol. The molecule has 0 atom stereocenters. The summed E-state index contributed by atoms with van der Waals surface area (Å²) in [6.45, 7) is 8.02. The molecule has 166 valence electrons. The van der Waals surface area contributed by atoms with Gasteiger partial charge in [0.15, 0.2) is 0 Å². The molecule has 1 aromatic heterocycles. The van der Waals surface area contributed by atoms with Crippen LogP contribution in [0.3, 0.4) is 0 Å². The van der Waals surface area contributed by atoms with Crippen molar-refractivity contribution in [2.24, 2.45) is 0 Å². The SMILES string of the molecule is Cc1ccc(Nc2cc(C)nc(Nc3ccc(NC(=O)c4ccc(C)c(C)c4)cc3)n2)cc1. The first-order chi connectivity index (χ1) is 15.9. The fourth-order valence-electron chi connectivity index (χ4n) is 3.33. The Morgan fingerprint density at radius 2 is 1.30 bits per heavy atom. The van der Waals surface area contributed by atoms with Gasteiger partial charge in [-0.1, -0.05) is 23.8 Å². The molecular formula is C27H27N5O. The standard InChI is InChI=1S/C27H27N5O/c1-17-5-9-22(10-6-17)29-25-16-20(4)28-27(32-25)31-24-13-11-23(12-14-24)30-26(33)21-8-7-18(2)19(3)15-21/h5-16H,1-4H3,(H,30,33)(H2,28,29,31,32). The molecule has 6 nitrogen and oxygen atoms in total. The Kier molecular flexibility index (Phi) is 6.36. The van der Waals surface area contributed by atoms with Gasteiger partial charge in [0.05, 0.1) is 0 Å². The second-order valence-corrected chi connectivity index (χ2v) is 8.16. The van der Waals surface area contributed by atoms with Crippen LogP contribution in [0.1, 0.15) is 32.7 Å². The van der Waals surface area contributed by atoms with E-state index in [1.165, 1.54) is 5.56 Å². The van der Waals surface area contributed by atoms with Crippen molar-refractivity contribution in [3.05, 3.63) is 101 Å². The van der Waals surface area contributed by atoms with E-state index in [-0.39, 0.29) is 5.91 Å². The lowest BCUT2D eigenvalue weighted by Gasteiger charge is -2.11. The summed E-state index contributed by atoms with van der Waals surface area (Å²) in [5, 5.41) is 9.48. The van der Waals surface area contributed by atoms with Crippen LogP contribution in [0.4, 0.5) is 28.8 Å². The smallest absolute Gasteiger partial charge is 0.255 e. The molecule has 0 spiro atoms. The summed E-state index contributed by atoms with van der Waals surface area (Å²) in [6, 6.07) is 23.2. The molecule has 4 aromatic rings. The highest BCUT2D eigenvalue weighted by molar-refractivity contribution is 6.04. The molecule has 3 N–H and O–H groups in total. The Hall–Kier alpha value is -4.19. The van der Waals surface area contributed by atoms with E-state index in [4.69, 9.17) is 0 Å². The first-order valence-electron chi connectivity index (χ1n) is 10.8. The van der Waals surface area contributed by atoms with Crippen molar-refractivity contribution in [3.63, 3.8) is 0 Å². The van der Waals surface area contributed by atoms with Gasteiger partial charge in [0.2, 0.25) is 5.95 Å². The molecule has 0 radical (unpaired) electrons. The fraction of sp³-hybridized carbons (Fsp3) is 0.148. The molecule has 0 saturated heterocycles. The quantitative estimate of drug-likeness (QED) is 0.323. The number of hydrogen-bond acceptors (Lipinski definition) is 5. The average Bonchev–Trinajstić information content (AvgIpc) is 2.78. The summed E-state index contributed by atoms with van der Waals surface area (Å²) < 4.78 is 0. The Labute approximate surface area is 194 Å². The third kappa shape index (κ3) is 5.74. The summed E-state index contributed by atoms with van der Waals surface area (Å²) in [5.41, 5.74) is 7.46. The highest BCUT2D eigenvalue weighted by Gasteiger charge is 2.08. The molecule has 0 bridgehead atoms. The van der Waals surface area contributed by atoms with Crippen LogP contribution < -0.4 is 16.0 Å². The topological polar surface area (TPSA) is 78.9 Å². The fourth-order valence-corrected chi connectivity index (χ4v) is 3.33. The first kappa shape index (κ1) is 22.0. The van der Waals surface area contributed by atoms with Crippen LogP contribution >= 0.6 is 0 Å². The summed E-state index contributed by atoms with van der Waals surface area (Å²) >= 11 is 0. The lowest BCUT2D eigenvalue weighted by molar-refractivity contribution is 0.102. The van der Waals surface area contributed by atoms with Gasteiger partial charge in [0.1, 0.15) is 5.82 Å². The molecule has 0 aliphatic heterocycles. The normalized spacial score (nSPS) is 10.5. The molecule has 6 heteroatoms. The largest absolute Gasteiger partial charge is 0.340 e. The zero-order chi connectivity index (χ0) is 23.4. The molecule has 1 amide bonds. The van der Waals surface area contributed by atoms with Crippen molar-refractivity contribution in [1.82, 2.24) is 9.97 Å². The van der Waals surface area contributed by atoms with Gasteiger partial charge in [-0.05, 0) is 87.4 Å². The van der Waals surface area contributed by atoms with Crippen molar-refractivity contribution >= 4 is 34.7 Å². The molecule has 0 unspecified atom stereocenters. The summed E-state index contributed by atoms with van der Waals surface area (Å²) in [4.78, 5) is 21.6. The van der Waals surface area contributed by atoms with Gasteiger partial charge in [-0.3, -0.25) is 4.79 Å². The minimum Gasteiger partial charge on any atom is -0.340 e. The zero-order valence-corrected chi connectivity index (χ0v) is 19.2. The zero-order valence-electron chi connectivity index (χ0n) is 19.2. The number of nitrogens with zero attached hydrogens (tertiary/aromatic N) is 2. The molecular weight excluding hydrogens is 410 g/mol. The third-order valence-corrected chi connectivity index (χ3v) is 5.35. The highest BCUT2D eigenvalue weighted by Crippen LogP contribution is 2.21. The van der Waals surface area contributed by atoms with E-state index in [9.17, 15) is 4.79 Å². The Morgan fingerprint density at radius 1 is 0.667 bits per heavy atom. The van der Waals surface area contributed by atoms with E-state index in [0.29, 0.717) is 17.3 Å². The van der Waals surface area contributed by atoms with Gasteiger partial charge >= 0.3 is 0 Å². The second-order valence-electron chi connectivity index (χ2n) is 8.16. The van der Waals surface area contributed by atoms with Crippen LogP contribution in [0.15, 0.2) is 72.8 Å². The molecule has 0 aliphatic carbocycles. The Balaban J connectivity index is 1.43. The van der Waals surface area contributed by atoms with E-state index in [0.717, 1.165) is 33.9 Å². The highest BCUT2D eigenvalue weighted by atomic mass is 16.1. The third-order valence-electron chi connectivity index (χ3n) is 5.35. The molecule has 0 saturated carbocycles. The van der Waals surface area contributed by atoms with Crippen molar-refractivity contribution < 1.29 is 4.79 Å². The van der Waals surface area contributed by atoms with Crippen LogP contribution in [0, 0.1) is 27.7 Å². The van der Waals surface area contributed by atoms with Gasteiger partial charge in [-0.2, -0.15) is 4.98 Å². The lowest BCUT2D eigenvalue weighted by atomic mass is 10.1. The minimum absolute atomic E-state index is 0.132. The molecule has 1 heterocycles. The van der Waals surface area contributed by atoms with E-state index < -0.39 is 0 Å². The second kappa shape index (κ2) is 9.53. The maximum Gasteiger partial charge on any atom is 0.255 e. The van der Waals surface area contributed by atoms with Gasteiger partial charge in [-0.15, -0.1) is 0 Å². The van der Waals surface area contributed by atoms with Crippen LogP contribution in [-0.2, 0) is 0 Å². The summed E-state index contributed by atoms with van der Waals surface area (Å²) in [7, 11) is 0. The minimum atomic E-state index is -0.132. The lowest BCUT2D eigenvalue weighted by Crippen LogP contribution is -2.12. The van der Waals surface area contributed by atoms with Gasteiger partial charge in [-0.25, -0.2) is 4.98 Å².